The maximum atomic E-state index is 14.3. The number of carboxylic acids is 1. The third kappa shape index (κ3) is 2.80. The largest absolute Gasteiger partial charge is 0.481 e. The Morgan fingerprint density at radius 3 is 2.50 bits per heavy atom. The van der Waals surface area contributed by atoms with Crippen molar-refractivity contribution < 1.29 is 19.5 Å². The number of anilines is 1. The molecule has 1 N–H and O–H groups in total. The minimum Gasteiger partial charge on any atom is -0.481 e. The van der Waals surface area contributed by atoms with E-state index < -0.39 is 11.4 Å². The molecule has 4 fully saturated rings. The molecule has 5 heteroatoms. The number of carbonyl (C=O) groups excluding carboxylic acids is 2. The Labute approximate surface area is 214 Å². The molecule has 5 aliphatic carbocycles. The maximum absolute atomic E-state index is 14.3. The van der Waals surface area contributed by atoms with E-state index in [1.165, 1.54) is 10.5 Å². The van der Waals surface area contributed by atoms with Gasteiger partial charge in [-0.3, -0.25) is 14.4 Å². The SMILES string of the molecule is Cc1cccc(N2C(=O)[C@H]3[C@@H](C2=O)[C@@]24C=C(C(C)C)[C@@H]3C[C@@H]2[C@@]2(C)CCC[C@@](C)(C(=O)O)[C@@H]2CC4)c1. The van der Waals surface area contributed by atoms with Crippen molar-refractivity contribution in [2.24, 2.45) is 51.8 Å². The number of hydrogen-bond donors (Lipinski definition) is 1. The van der Waals surface area contributed by atoms with E-state index in [1.54, 1.807) is 0 Å². The molecule has 2 bridgehead atoms. The van der Waals surface area contributed by atoms with Gasteiger partial charge in [-0.1, -0.05) is 51.0 Å². The van der Waals surface area contributed by atoms with Gasteiger partial charge in [0.05, 0.1) is 22.9 Å². The second kappa shape index (κ2) is 7.55. The van der Waals surface area contributed by atoms with Crippen LogP contribution in [0, 0.1) is 58.7 Å². The number of benzene rings is 1. The van der Waals surface area contributed by atoms with Crippen LogP contribution in [0.1, 0.15) is 71.8 Å². The number of amides is 2. The molecule has 36 heavy (non-hydrogen) atoms. The second-order valence-electron chi connectivity index (χ2n) is 13.3. The van der Waals surface area contributed by atoms with Gasteiger partial charge in [-0.05, 0) is 92.7 Å². The summed E-state index contributed by atoms with van der Waals surface area (Å²) in [6.45, 7) is 10.7. The normalized spacial score (nSPS) is 43.2. The fourth-order valence-electron chi connectivity index (χ4n) is 9.98. The molecule has 5 nitrogen and oxygen atoms in total. The van der Waals surface area contributed by atoms with Gasteiger partial charge >= 0.3 is 5.97 Å². The van der Waals surface area contributed by atoms with Gasteiger partial charge in [0, 0.05) is 5.41 Å². The van der Waals surface area contributed by atoms with Crippen LogP contribution in [0.3, 0.4) is 0 Å². The Morgan fingerprint density at radius 1 is 1.08 bits per heavy atom. The molecular formula is C31H39NO4. The highest BCUT2D eigenvalue weighted by Crippen LogP contribution is 2.74. The molecule has 6 aliphatic rings. The summed E-state index contributed by atoms with van der Waals surface area (Å²) in [6.07, 6.45) is 7.58. The van der Waals surface area contributed by atoms with E-state index in [-0.39, 0.29) is 52.2 Å². The smallest absolute Gasteiger partial charge is 0.309 e. The molecule has 1 aliphatic heterocycles. The van der Waals surface area contributed by atoms with Crippen LogP contribution in [0.15, 0.2) is 35.9 Å². The number of nitrogens with zero attached hydrogens (tertiary/aromatic N) is 1. The molecule has 8 atom stereocenters. The molecule has 0 unspecified atom stereocenters. The molecule has 7 rings (SSSR count). The third-order valence-corrected chi connectivity index (χ3v) is 11.4. The first-order valence-electron chi connectivity index (χ1n) is 13.9. The van der Waals surface area contributed by atoms with Crippen LogP contribution < -0.4 is 4.90 Å². The van der Waals surface area contributed by atoms with E-state index in [0.29, 0.717) is 11.6 Å². The number of carboxylic acid groups (broad SMARTS) is 1. The quantitative estimate of drug-likeness (QED) is 0.417. The molecule has 192 valence electrons. The average Bonchev–Trinajstić information content (AvgIpc) is 3.10. The topological polar surface area (TPSA) is 74.7 Å². The maximum Gasteiger partial charge on any atom is 0.309 e. The number of hydrogen-bond acceptors (Lipinski definition) is 3. The van der Waals surface area contributed by atoms with E-state index >= 15 is 0 Å². The number of rotatable bonds is 3. The lowest BCUT2D eigenvalue weighted by Crippen LogP contribution is -2.65. The van der Waals surface area contributed by atoms with Gasteiger partial charge in [0.15, 0.2) is 0 Å². The fourth-order valence-corrected chi connectivity index (χ4v) is 9.98. The van der Waals surface area contributed by atoms with E-state index in [1.807, 2.05) is 38.1 Å². The molecule has 1 aromatic carbocycles. The molecular weight excluding hydrogens is 450 g/mol. The summed E-state index contributed by atoms with van der Waals surface area (Å²) < 4.78 is 0. The standard InChI is InChI=1S/C31H39NO4/c1-17(2)21-16-31-13-10-22-29(4,11-7-12-30(22,5)28(35)36)23(31)15-20(21)24-25(31)27(34)32(26(24)33)19-9-6-8-18(3)14-19/h6,8-9,14,16-17,20,22-25H,7,10-13,15H2,1-5H3,(H,35,36)/t20-,22+,23+,24+,25-,29-,30+,31-/m0/s1. The molecule has 1 saturated heterocycles. The van der Waals surface area contributed by atoms with Crippen LogP contribution >= 0.6 is 0 Å². The van der Waals surface area contributed by atoms with Gasteiger partial charge in [0.1, 0.15) is 0 Å². The summed E-state index contributed by atoms with van der Waals surface area (Å²) in [5.41, 5.74) is 1.83. The number of carbonyl (C=O) groups is 3. The van der Waals surface area contributed by atoms with Crippen LogP contribution in [-0.4, -0.2) is 22.9 Å². The minimum absolute atomic E-state index is 0.0315. The first kappa shape index (κ1) is 23.9. The van der Waals surface area contributed by atoms with Gasteiger partial charge in [-0.15, -0.1) is 0 Å². The van der Waals surface area contributed by atoms with Crippen molar-refractivity contribution in [2.75, 3.05) is 4.90 Å². The molecule has 1 spiro atoms. The van der Waals surface area contributed by atoms with Crippen molar-refractivity contribution in [1.29, 1.82) is 0 Å². The monoisotopic (exact) mass is 489 g/mol. The Hall–Kier alpha value is -2.43. The predicted octanol–water partition coefficient (Wildman–Crippen LogP) is 6.01. The molecule has 1 aromatic rings. The van der Waals surface area contributed by atoms with Crippen LogP contribution in [-0.2, 0) is 14.4 Å². The summed E-state index contributed by atoms with van der Waals surface area (Å²) >= 11 is 0. The number of fused-ring (bicyclic) bond motifs is 1. The van der Waals surface area contributed by atoms with E-state index in [2.05, 4.69) is 26.8 Å². The summed E-state index contributed by atoms with van der Waals surface area (Å²) in [5, 5.41) is 10.3. The first-order valence-corrected chi connectivity index (χ1v) is 13.9. The van der Waals surface area contributed by atoms with Crippen molar-refractivity contribution >= 4 is 23.5 Å². The fraction of sp³-hybridized carbons (Fsp3) is 0.645. The lowest BCUT2D eigenvalue weighted by Gasteiger charge is -2.68. The Morgan fingerprint density at radius 2 is 1.83 bits per heavy atom. The molecule has 0 radical (unpaired) electrons. The summed E-state index contributed by atoms with van der Waals surface area (Å²) in [6, 6.07) is 7.73. The highest BCUT2D eigenvalue weighted by atomic mass is 16.4. The zero-order chi connectivity index (χ0) is 25.8. The van der Waals surface area contributed by atoms with Crippen molar-refractivity contribution in [3.63, 3.8) is 0 Å². The van der Waals surface area contributed by atoms with Crippen molar-refractivity contribution in [2.45, 2.75) is 73.1 Å². The van der Waals surface area contributed by atoms with Gasteiger partial charge in [-0.2, -0.15) is 0 Å². The molecule has 3 saturated carbocycles. The average molecular weight is 490 g/mol. The van der Waals surface area contributed by atoms with Gasteiger partial charge in [0.2, 0.25) is 11.8 Å². The van der Waals surface area contributed by atoms with Crippen LogP contribution in [0.2, 0.25) is 0 Å². The number of imide groups is 1. The van der Waals surface area contributed by atoms with Gasteiger partial charge in [-0.25, -0.2) is 4.90 Å². The summed E-state index contributed by atoms with van der Waals surface area (Å²) in [7, 11) is 0. The van der Waals surface area contributed by atoms with Crippen LogP contribution in [0.4, 0.5) is 5.69 Å². The number of aryl methyl sites for hydroxylation is 1. The van der Waals surface area contributed by atoms with Crippen molar-refractivity contribution in [3.05, 3.63) is 41.5 Å². The Kier molecular flexibility index (Phi) is 5.02. The second-order valence-corrected chi connectivity index (χ2v) is 13.3. The summed E-state index contributed by atoms with van der Waals surface area (Å²) in [4.78, 5) is 42.3. The van der Waals surface area contributed by atoms with Crippen molar-refractivity contribution in [3.8, 4) is 0 Å². The van der Waals surface area contributed by atoms with E-state index in [4.69, 9.17) is 0 Å². The van der Waals surface area contributed by atoms with Crippen LogP contribution in [0.5, 0.6) is 0 Å². The zero-order valence-corrected chi connectivity index (χ0v) is 22.2. The van der Waals surface area contributed by atoms with Crippen LogP contribution in [0.25, 0.3) is 0 Å². The van der Waals surface area contributed by atoms with E-state index in [9.17, 15) is 19.5 Å². The van der Waals surface area contributed by atoms with Gasteiger partial charge < -0.3 is 5.11 Å². The molecule has 0 aromatic heterocycles. The van der Waals surface area contributed by atoms with Gasteiger partial charge in [0.25, 0.3) is 0 Å². The number of allylic oxidation sites excluding steroid dienone is 2. The first-order chi connectivity index (χ1) is 17.0. The Balaban J connectivity index is 1.50. The Bertz CT molecular complexity index is 1200. The summed E-state index contributed by atoms with van der Waals surface area (Å²) in [5.74, 6) is -0.679. The lowest BCUT2D eigenvalue weighted by molar-refractivity contribution is -0.194. The predicted molar refractivity (Wildman–Crippen MR) is 138 cm³/mol. The molecule has 1 heterocycles. The third-order valence-electron chi connectivity index (χ3n) is 11.4. The molecule has 2 amide bonds. The highest BCUT2D eigenvalue weighted by Gasteiger charge is 2.73. The minimum atomic E-state index is -0.724. The van der Waals surface area contributed by atoms with Crippen molar-refractivity contribution in [1.82, 2.24) is 0 Å². The highest BCUT2D eigenvalue weighted by molar-refractivity contribution is 6.23. The lowest BCUT2D eigenvalue weighted by atomic mass is 9.34. The van der Waals surface area contributed by atoms with E-state index in [0.717, 1.165) is 44.1 Å². The zero-order valence-electron chi connectivity index (χ0n) is 22.2. The number of aliphatic carboxylic acids is 1.